The van der Waals surface area contributed by atoms with Gasteiger partial charge in [0.05, 0.1) is 29.3 Å². The summed E-state index contributed by atoms with van der Waals surface area (Å²) < 4.78 is 23.8. The first-order chi connectivity index (χ1) is 14.0. The van der Waals surface area contributed by atoms with E-state index >= 15 is 0 Å². The van der Waals surface area contributed by atoms with E-state index in [1.165, 1.54) is 24.5 Å². The summed E-state index contributed by atoms with van der Waals surface area (Å²) >= 11 is 3.08. The Morgan fingerprint density at radius 1 is 1.31 bits per heavy atom. The van der Waals surface area contributed by atoms with Crippen molar-refractivity contribution in [3.63, 3.8) is 0 Å². The number of nitrogens with zero attached hydrogens (tertiary/aromatic N) is 2. The van der Waals surface area contributed by atoms with Gasteiger partial charge in [0.25, 0.3) is 0 Å². The Bertz CT molecular complexity index is 1050. The maximum absolute atomic E-state index is 13.4. The van der Waals surface area contributed by atoms with E-state index in [-0.39, 0.29) is 28.9 Å². The molecule has 1 aromatic heterocycles. The predicted octanol–water partition coefficient (Wildman–Crippen LogP) is 4.00. The van der Waals surface area contributed by atoms with E-state index in [4.69, 9.17) is 9.26 Å². The molecule has 0 radical (unpaired) electrons. The van der Waals surface area contributed by atoms with Crippen LogP contribution in [-0.4, -0.2) is 29.1 Å². The number of hydroxylamine groups is 1. The molecule has 0 atom stereocenters. The topological polar surface area (TPSA) is 97.0 Å². The SMILES string of the molecule is COc1cccc(CC(=O)Cc2nocc2C(=Nc2ccc(F)c(Br)c2)NO)c1. The smallest absolute Gasteiger partial charge is 0.162 e. The molecule has 0 saturated heterocycles. The van der Waals surface area contributed by atoms with Gasteiger partial charge in [-0.05, 0) is 51.8 Å². The van der Waals surface area contributed by atoms with Gasteiger partial charge in [0.15, 0.2) is 5.84 Å². The fourth-order valence-corrected chi connectivity index (χ4v) is 3.04. The molecule has 3 rings (SSSR count). The minimum Gasteiger partial charge on any atom is -0.497 e. The maximum Gasteiger partial charge on any atom is 0.162 e. The number of halogens is 2. The quantitative estimate of drug-likeness (QED) is 0.313. The van der Waals surface area contributed by atoms with E-state index in [1.54, 1.807) is 19.2 Å². The summed E-state index contributed by atoms with van der Waals surface area (Å²) in [7, 11) is 1.56. The van der Waals surface area contributed by atoms with E-state index in [9.17, 15) is 14.4 Å². The summed E-state index contributed by atoms with van der Waals surface area (Å²) in [5, 5.41) is 13.4. The fraction of sp³-hybridized carbons (Fsp3) is 0.150. The lowest BCUT2D eigenvalue weighted by Gasteiger charge is -2.06. The Kier molecular flexibility index (Phi) is 6.73. The molecule has 0 fully saturated rings. The largest absolute Gasteiger partial charge is 0.497 e. The van der Waals surface area contributed by atoms with Gasteiger partial charge in [0, 0.05) is 6.42 Å². The third-order valence-electron chi connectivity index (χ3n) is 4.05. The molecule has 29 heavy (non-hydrogen) atoms. The predicted molar refractivity (Wildman–Crippen MR) is 107 cm³/mol. The Balaban J connectivity index is 1.78. The summed E-state index contributed by atoms with van der Waals surface area (Å²) in [6, 6.07) is 11.4. The Morgan fingerprint density at radius 2 is 2.14 bits per heavy atom. The number of aromatic nitrogens is 1. The van der Waals surface area contributed by atoms with Crippen molar-refractivity contribution in [2.75, 3.05) is 7.11 Å². The third-order valence-corrected chi connectivity index (χ3v) is 4.66. The summed E-state index contributed by atoms with van der Waals surface area (Å²) in [6.07, 6.45) is 1.44. The molecule has 0 saturated carbocycles. The second kappa shape index (κ2) is 9.44. The van der Waals surface area contributed by atoms with Crippen molar-refractivity contribution < 1.29 is 23.7 Å². The number of amidine groups is 1. The molecule has 150 valence electrons. The standard InChI is InChI=1S/C20H17BrFN3O4/c1-28-15-4-2-3-12(8-15)7-14(26)10-19-16(11-29-25-19)20(24-27)23-13-5-6-18(22)17(21)9-13/h2-6,8-9,11,27H,7,10H2,1H3,(H,23,24). The lowest BCUT2D eigenvalue weighted by molar-refractivity contribution is -0.117. The van der Waals surface area contributed by atoms with E-state index < -0.39 is 5.82 Å². The zero-order valence-electron chi connectivity index (χ0n) is 15.4. The molecule has 3 aromatic rings. The van der Waals surface area contributed by atoms with Crippen LogP contribution in [0.3, 0.4) is 0 Å². The highest BCUT2D eigenvalue weighted by atomic mass is 79.9. The van der Waals surface area contributed by atoms with Crippen LogP contribution in [0.15, 0.2) is 62.7 Å². The number of benzene rings is 2. The van der Waals surface area contributed by atoms with Gasteiger partial charge in [0.1, 0.15) is 29.3 Å². The minimum absolute atomic E-state index is 0.0170. The maximum atomic E-state index is 13.4. The number of carbonyl (C=O) groups excluding carboxylic acids is 1. The monoisotopic (exact) mass is 461 g/mol. The second-order valence-corrected chi connectivity index (χ2v) is 6.94. The third kappa shape index (κ3) is 5.27. The molecule has 0 spiro atoms. The normalized spacial score (nSPS) is 11.4. The van der Waals surface area contributed by atoms with Crippen LogP contribution in [-0.2, 0) is 17.6 Å². The van der Waals surface area contributed by atoms with Crippen LogP contribution < -0.4 is 10.2 Å². The first-order valence-corrected chi connectivity index (χ1v) is 9.31. The summed E-state index contributed by atoms with van der Waals surface area (Å²) in [4.78, 5) is 16.7. The van der Waals surface area contributed by atoms with E-state index in [1.807, 2.05) is 17.6 Å². The average molecular weight is 462 g/mol. The molecule has 0 bridgehead atoms. The van der Waals surface area contributed by atoms with E-state index in [0.717, 1.165) is 5.56 Å². The zero-order chi connectivity index (χ0) is 20.8. The molecule has 0 amide bonds. The van der Waals surface area contributed by atoms with Crippen LogP contribution in [0.2, 0.25) is 0 Å². The van der Waals surface area contributed by atoms with Crippen LogP contribution >= 0.6 is 15.9 Å². The fourth-order valence-electron chi connectivity index (χ4n) is 2.67. The lowest BCUT2D eigenvalue weighted by Crippen LogP contribution is -2.22. The van der Waals surface area contributed by atoms with Gasteiger partial charge in [-0.15, -0.1) is 0 Å². The number of Topliss-reactive ketones (excluding diaryl/α,β-unsaturated/α-hetero) is 1. The van der Waals surface area contributed by atoms with Gasteiger partial charge in [-0.3, -0.25) is 15.5 Å². The number of carbonyl (C=O) groups is 1. The van der Waals surface area contributed by atoms with Gasteiger partial charge < -0.3 is 9.26 Å². The number of aliphatic imine (C=N–C) groups is 1. The molecule has 9 heteroatoms. The molecule has 7 nitrogen and oxygen atoms in total. The molecule has 2 N–H and O–H groups in total. The van der Waals surface area contributed by atoms with Crippen molar-refractivity contribution in [1.82, 2.24) is 10.6 Å². The summed E-state index contributed by atoms with van der Waals surface area (Å²) in [5.74, 6) is 0.155. The number of rotatable bonds is 7. The Hall–Kier alpha value is -3.04. The highest BCUT2D eigenvalue weighted by Crippen LogP contribution is 2.23. The number of ketones is 1. The average Bonchev–Trinajstić information content (AvgIpc) is 3.16. The molecule has 1 heterocycles. The number of nitrogens with one attached hydrogen (secondary N) is 1. The summed E-state index contributed by atoms with van der Waals surface area (Å²) in [5.41, 5.74) is 3.81. The van der Waals surface area contributed by atoms with Crippen molar-refractivity contribution in [3.8, 4) is 5.75 Å². The van der Waals surface area contributed by atoms with Crippen molar-refractivity contribution in [2.45, 2.75) is 12.8 Å². The molecule has 0 aliphatic rings. The van der Waals surface area contributed by atoms with Crippen molar-refractivity contribution in [2.24, 2.45) is 4.99 Å². The van der Waals surface area contributed by atoms with Crippen molar-refractivity contribution in [3.05, 3.63) is 75.8 Å². The van der Waals surface area contributed by atoms with E-state index in [2.05, 4.69) is 26.1 Å². The molecule has 0 aliphatic carbocycles. The van der Waals surface area contributed by atoms with Gasteiger partial charge in [-0.1, -0.05) is 17.3 Å². The molecule has 2 aromatic carbocycles. The number of hydrogen-bond donors (Lipinski definition) is 2. The van der Waals surface area contributed by atoms with Gasteiger partial charge >= 0.3 is 0 Å². The highest BCUT2D eigenvalue weighted by Gasteiger charge is 2.18. The molecular formula is C20H17BrFN3O4. The first-order valence-electron chi connectivity index (χ1n) is 8.52. The van der Waals surface area contributed by atoms with Crippen molar-refractivity contribution in [1.29, 1.82) is 0 Å². The van der Waals surface area contributed by atoms with Crippen LogP contribution in [0.1, 0.15) is 16.8 Å². The first kappa shape index (κ1) is 20.7. The van der Waals surface area contributed by atoms with Crippen molar-refractivity contribution >= 4 is 33.2 Å². The lowest BCUT2D eigenvalue weighted by atomic mass is 10.0. The Labute approximate surface area is 174 Å². The van der Waals surface area contributed by atoms with Crippen LogP contribution in [0.5, 0.6) is 5.75 Å². The van der Waals surface area contributed by atoms with Gasteiger partial charge in [-0.2, -0.15) is 0 Å². The second-order valence-electron chi connectivity index (χ2n) is 6.09. The number of methoxy groups -OCH3 is 1. The summed E-state index contributed by atoms with van der Waals surface area (Å²) in [6.45, 7) is 0. The van der Waals surface area contributed by atoms with Gasteiger partial charge in [0.2, 0.25) is 0 Å². The molecule has 0 aliphatic heterocycles. The van der Waals surface area contributed by atoms with E-state index in [0.29, 0.717) is 22.7 Å². The molecular weight excluding hydrogens is 445 g/mol. The number of ether oxygens (including phenoxy) is 1. The minimum atomic E-state index is -0.434. The van der Waals surface area contributed by atoms with Crippen LogP contribution in [0.25, 0.3) is 0 Å². The Morgan fingerprint density at radius 3 is 2.86 bits per heavy atom. The highest BCUT2D eigenvalue weighted by molar-refractivity contribution is 9.10. The van der Waals surface area contributed by atoms with Crippen LogP contribution in [0, 0.1) is 5.82 Å². The zero-order valence-corrected chi connectivity index (χ0v) is 16.9. The van der Waals surface area contributed by atoms with Crippen LogP contribution in [0.4, 0.5) is 10.1 Å². The molecule has 0 unspecified atom stereocenters. The van der Waals surface area contributed by atoms with Gasteiger partial charge in [-0.25, -0.2) is 9.38 Å². The number of hydrogen-bond acceptors (Lipinski definition) is 6.